The number of aliphatic hydroxyl groups is 1. The van der Waals surface area contributed by atoms with Crippen LogP contribution >= 0.6 is 0 Å². The predicted molar refractivity (Wildman–Crippen MR) is 75.5 cm³/mol. The number of halogens is 2. The number of benzene rings is 2. The summed E-state index contributed by atoms with van der Waals surface area (Å²) in [7, 11) is 0. The second-order valence-electron chi connectivity index (χ2n) is 5.37. The molecule has 1 unspecified atom stereocenters. The Kier molecular flexibility index (Phi) is 3.64. The molecule has 0 saturated heterocycles. The van der Waals surface area contributed by atoms with Gasteiger partial charge in [-0.05, 0) is 30.7 Å². The van der Waals surface area contributed by atoms with E-state index in [4.69, 9.17) is 4.74 Å². The van der Waals surface area contributed by atoms with Crippen LogP contribution in [0.2, 0.25) is 0 Å². The maximum atomic E-state index is 12.8. The third kappa shape index (κ3) is 2.76. The molecule has 0 amide bonds. The van der Waals surface area contributed by atoms with Gasteiger partial charge in [0.15, 0.2) is 0 Å². The molecule has 21 heavy (non-hydrogen) atoms. The Morgan fingerprint density at radius 3 is 2.76 bits per heavy atom. The highest BCUT2D eigenvalue weighted by molar-refractivity contribution is 5.41. The summed E-state index contributed by atoms with van der Waals surface area (Å²) in [5.74, 6) is 0.617. The summed E-state index contributed by atoms with van der Waals surface area (Å²) in [4.78, 5) is 0. The number of hydrogen-bond acceptors (Lipinski definition) is 2. The fourth-order valence-electron chi connectivity index (χ4n) is 2.67. The van der Waals surface area contributed by atoms with E-state index in [1.807, 2.05) is 25.1 Å². The topological polar surface area (TPSA) is 29.5 Å². The van der Waals surface area contributed by atoms with E-state index in [-0.39, 0.29) is 5.56 Å². The minimum Gasteiger partial charge on any atom is -0.485 e. The lowest BCUT2D eigenvalue weighted by Gasteiger charge is -2.30. The van der Waals surface area contributed by atoms with Gasteiger partial charge in [-0.2, -0.15) is 0 Å². The molecule has 0 fully saturated rings. The standard InChI is InChI=1S/C17H16F2O2/c1-10-5-6-15-13(7-10)14(20)9-16(21-15)11-3-2-4-12(8-11)17(18)19/h2-8,14,16-17,20H,9H2,1H3/t14-,16?/m1/s1. The minimum absolute atomic E-state index is 0.0275. The van der Waals surface area contributed by atoms with Crippen molar-refractivity contribution >= 4 is 0 Å². The van der Waals surface area contributed by atoms with Crippen LogP contribution in [0.4, 0.5) is 8.78 Å². The Morgan fingerprint density at radius 2 is 2.00 bits per heavy atom. The largest absolute Gasteiger partial charge is 0.485 e. The molecule has 4 heteroatoms. The maximum Gasteiger partial charge on any atom is 0.263 e. The Labute approximate surface area is 122 Å². The lowest BCUT2D eigenvalue weighted by Crippen LogP contribution is -2.19. The number of aliphatic hydroxyl groups excluding tert-OH is 1. The highest BCUT2D eigenvalue weighted by Crippen LogP contribution is 2.41. The molecule has 0 radical (unpaired) electrons. The highest BCUT2D eigenvalue weighted by atomic mass is 19.3. The van der Waals surface area contributed by atoms with E-state index in [0.717, 1.165) is 11.1 Å². The van der Waals surface area contributed by atoms with Gasteiger partial charge in [0.2, 0.25) is 0 Å². The molecule has 0 saturated carbocycles. The van der Waals surface area contributed by atoms with Crippen LogP contribution in [0.1, 0.15) is 47.3 Å². The van der Waals surface area contributed by atoms with Gasteiger partial charge >= 0.3 is 0 Å². The van der Waals surface area contributed by atoms with E-state index in [9.17, 15) is 13.9 Å². The van der Waals surface area contributed by atoms with Gasteiger partial charge in [-0.25, -0.2) is 8.78 Å². The van der Waals surface area contributed by atoms with Crippen LogP contribution in [0.5, 0.6) is 5.75 Å². The molecule has 0 bridgehead atoms. The summed E-state index contributed by atoms with van der Waals surface area (Å²) in [5.41, 5.74) is 2.45. The zero-order chi connectivity index (χ0) is 15.0. The van der Waals surface area contributed by atoms with E-state index in [0.29, 0.717) is 17.7 Å². The first kappa shape index (κ1) is 14.0. The van der Waals surface area contributed by atoms with E-state index < -0.39 is 18.6 Å². The van der Waals surface area contributed by atoms with Crippen molar-refractivity contribution in [3.05, 3.63) is 64.7 Å². The van der Waals surface area contributed by atoms with Gasteiger partial charge in [-0.3, -0.25) is 0 Å². The molecule has 2 atom stereocenters. The molecular formula is C17H16F2O2. The summed E-state index contributed by atoms with van der Waals surface area (Å²) in [6, 6.07) is 11.8. The summed E-state index contributed by atoms with van der Waals surface area (Å²) < 4.78 is 31.4. The Balaban J connectivity index is 1.92. The lowest BCUT2D eigenvalue weighted by atomic mass is 9.93. The highest BCUT2D eigenvalue weighted by Gasteiger charge is 2.28. The summed E-state index contributed by atoms with van der Waals surface area (Å²) in [6.45, 7) is 1.95. The SMILES string of the molecule is Cc1ccc2c(c1)[C@H](O)CC(c1cccc(C(F)F)c1)O2. The molecule has 2 aromatic rings. The van der Waals surface area contributed by atoms with Gasteiger partial charge in [0.25, 0.3) is 6.43 Å². The van der Waals surface area contributed by atoms with Crippen LogP contribution in [0.15, 0.2) is 42.5 Å². The van der Waals surface area contributed by atoms with Gasteiger partial charge in [-0.1, -0.05) is 29.8 Å². The number of rotatable bonds is 2. The van der Waals surface area contributed by atoms with Crippen molar-refractivity contribution in [3.63, 3.8) is 0 Å². The zero-order valence-electron chi connectivity index (χ0n) is 11.6. The van der Waals surface area contributed by atoms with Crippen LogP contribution in [-0.2, 0) is 0 Å². The van der Waals surface area contributed by atoms with Crippen molar-refractivity contribution in [2.24, 2.45) is 0 Å². The molecule has 2 nitrogen and oxygen atoms in total. The van der Waals surface area contributed by atoms with E-state index in [2.05, 4.69) is 0 Å². The van der Waals surface area contributed by atoms with Gasteiger partial charge in [0.1, 0.15) is 11.9 Å². The average molecular weight is 290 g/mol. The van der Waals surface area contributed by atoms with Crippen molar-refractivity contribution in [2.45, 2.75) is 32.0 Å². The van der Waals surface area contributed by atoms with Crippen molar-refractivity contribution in [1.29, 1.82) is 0 Å². The predicted octanol–water partition coefficient (Wildman–Crippen LogP) is 4.49. The molecule has 1 aliphatic rings. The number of fused-ring (bicyclic) bond motifs is 1. The summed E-state index contributed by atoms with van der Waals surface area (Å²) >= 11 is 0. The molecule has 0 aliphatic carbocycles. The van der Waals surface area contributed by atoms with E-state index in [1.165, 1.54) is 12.1 Å². The Hall–Kier alpha value is -1.94. The molecule has 1 aliphatic heterocycles. The van der Waals surface area contributed by atoms with Crippen LogP contribution < -0.4 is 4.74 Å². The second kappa shape index (κ2) is 5.45. The normalized spacial score (nSPS) is 21.0. The first-order valence-electron chi connectivity index (χ1n) is 6.88. The van der Waals surface area contributed by atoms with Gasteiger partial charge in [-0.15, -0.1) is 0 Å². The van der Waals surface area contributed by atoms with Crippen molar-refractivity contribution in [2.75, 3.05) is 0 Å². The van der Waals surface area contributed by atoms with Crippen molar-refractivity contribution in [3.8, 4) is 5.75 Å². The Morgan fingerprint density at radius 1 is 1.19 bits per heavy atom. The minimum atomic E-state index is -2.51. The number of aryl methyl sites for hydroxylation is 1. The van der Waals surface area contributed by atoms with Gasteiger partial charge < -0.3 is 9.84 Å². The third-order valence-corrected chi connectivity index (χ3v) is 3.77. The average Bonchev–Trinajstić information content (AvgIpc) is 2.48. The zero-order valence-corrected chi connectivity index (χ0v) is 11.6. The van der Waals surface area contributed by atoms with E-state index >= 15 is 0 Å². The smallest absolute Gasteiger partial charge is 0.263 e. The van der Waals surface area contributed by atoms with Crippen LogP contribution in [0, 0.1) is 6.92 Å². The van der Waals surface area contributed by atoms with Gasteiger partial charge in [0.05, 0.1) is 6.10 Å². The van der Waals surface area contributed by atoms with Crippen LogP contribution in [0.3, 0.4) is 0 Å². The molecule has 0 spiro atoms. The fraction of sp³-hybridized carbons (Fsp3) is 0.294. The first-order valence-corrected chi connectivity index (χ1v) is 6.88. The molecule has 1 N–H and O–H groups in total. The quantitative estimate of drug-likeness (QED) is 0.883. The monoisotopic (exact) mass is 290 g/mol. The molecule has 3 rings (SSSR count). The first-order chi connectivity index (χ1) is 10.0. The maximum absolute atomic E-state index is 12.8. The molecular weight excluding hydrogens is 274 g/mol. The van der Waals surface area contributed by atoms with Gasteiger partial charge in [0, 0.05) is 17.5 Å². The fourth-order valence-corrected chi connectivity index (χ4v) is 2.67. The van der Waals surface area contributed by atoms with Crippen molar-refractivity contribution in [1.82, 2.24) is 0 Å². The summed E-state index contributed by atoms with van der Waals surface area (Å²) in [5, 5.41) is 10.3. The van der Waals surface area contributed by atoms with Crippen LogP contribution in [-0.4, -0.2) is 5.11 Å². The molecule has 110 valence electrons. The lowest BCUT2D eigenvalue weighted by molar-refractivity contribution is 0.0654. The Bertz CT molecular complexity index is 655. The van der Waals surface area contributed by atoms with Crippen molar-refractivity contribution < 1.29 is 18.6 Å². The van der Waals surface area contributed by atoms with E-state index in [1.54, 1.807) is 12.1 Å². The third-order valence-electron chi connectivity index (χ3n) is 3.77. The van der Waals surface area contributed by atoms with Crippen LogP contribution in [0.25, 0.3) is 0 Å². The molecule has 2 aromatic carbocycles. The molecule has 1 heterocycles. The number of hydrogen-bond donors (Lipinski definition) is 1. The number of ether oxygens (including phenoxy) is 1. The molecule has 0 aromatic heterocycles. The second-order valence-corrected chi connectivity index (χ2v) is 5.37. The number of alkyl halides is 2. The summed E-state index contributed by atoms with van der Waals surface area (Å²) in [6.07, 6.45) is -3.19.